The molecule has 206 valence electrons. The molecule has 36 heavy (non-hydrogen) atoms. The Labute approximate surface area is 225 Å². The van der Waals surface area contributed by atoms with Crippen LogP contribution in [0.3, 0.4) is 0 Å². The molecule has 2 rings (SSSR count). The molecule has 1 aliphatic rings. The van der Waals surface area contributed by atoms with Gasteiger partial charge in [0.25, 0.3) is 0 Å². The number of imidazole rings is 1. The Morgan fingerprint density at radius 2 is 1.25 bits per heavy atom. The third kappa shape index (κ3) is 11.8. The Hall–Kier alpha value is -1.31. The van der Waals surface area contributed by atoms with Crippen LogP contribution in [0.5, 0.6) is 0 Å². The first-order valence-corrected chi connectivity index (χ1v) is 16.1. The largest absolute Gasteiger partial charge is 0.331 e. The first-order chi connectivity index (χ1) is 17.7. The monoisotopic (exact) mass is 496 g/mol. The number of rotatable bonds is 23. The van der Waals surface area contributed by atoms with Gasteiger partial charge in [0.2, 0.25) is 0 Å². The number of unbranched alkanes of at least 4 members (excludes halogenated alkanes) is 17. The predicted octanol–water partition coefficient (Wildman–Crippen LogP) is 11.4. The summed E-state index contributed by atoms with van der Waals surface area (Å²) in [4.78, 5) is 4.96. The molecule has 1 aliphatic carbocycles. The van der Waals surface area contributed by atoms with Crippen molar-refractivity contribution in [3.05, 3.63) is 42.5 Å². The Kier molecular flexibility index (Phi) is 17.0. The van der Waals surface area contributed by atoms with Crippen LogP contribution >= 0.6 is 0 Å². The van der Waals surface area contributed by atoms with Crippen molar-refractivity contribution in [3.8, 4) is 0 Å². The van der Waals surface area contributed by atoms with Gasteiger partial charge in [-0.1, -0.05) is 160 Å². The van der Waals surface area contributed by atoms with Crippen LogP contribution in [0.2, 0.25) is 0 Å². The van der Waals surface area contributed by atoms with Crippen molar-refractivity contribution in [2.45, 2.75) is 173 Å². The average molecular weight is 497 g/mol. The quantitative estimate of drug-likeness (QED) is 0.138. The molecule has 0 amide bonds. The zero-order valence-corrected chi connectivity index (χ0v) is 24.5. The minimum atomic E-state index is 0.0887. The summed E-state index contributed by atoms with van der Waals surface area (Å²) in [6, 6.07) is 0.538. The van der Waals surface area contributed by atoms with E-state index in [1.807, 2.05) is 6.20 Å². The summed E-state index contributed by atoms with van der Waals surface area (Å²) in [7, 11) is 0. The van der Waals surface area contributed by atoms with Crippen molar-refractivity contribution in [2.75, 3.05) is 0 Å². The molecular weight excluding hydrogens is 436 g/mol. The molecule has 2 nitrogen and oxygen atoms in total. The first-order valence-electron chi connectivity index (χ1n) is 16.1. The summed E-state index contributed by atoms with van der Waals surface area (Å²) in [5, 5.41) is 0. The SMILES string of the molecule is CCCCCCCCCCCCCCCC1(c2nccn2C(C)CCCCCCCC)C=CC=CC1. The second kappa shape index (κ2) is 19.8. The standard InChI is InChI=1S/C34H60N2/c1-4-6-8-10-12-13-14-15-16-17-18-20-23-27-34(28-24-21-25-29-34)33-35-30-31-36(33)32(3)26-22-19-11-9-7-5-2/h21,24-25,28,30-32H,4-20,22-23,26-27,29H2,1-3H3. The lowest BCUT2D eigenvalue weighted by Crippen LogP contribution is -2.29. The van der Waals surface area contributed by atoms with Crippen LogP contribution in [0.25, 0.3) is 0 Å². The topological polar surface area (TPSA) is 17.8 Å². The molecule has 2 unspecified atom stereocenters. The Morgan fingerprint density at radius 1 is 0.722 bits per heavy atom. The van der Waals surface area contributed by atoms with Gasteiger partial charge in [0.05, 0.1) is 5.41 Å². The summed E-state index contributed by atoms with van der Waals surface area (Å²) in [5.74, 6) is 1.31. The fraction of sp³-hybridized carbons (Fsp3) is 0.794. The molecule has 0 saturated heterocycles. The van der Waals surface area contributed by atoms with E-state index in [0.29, 0.717) is 6.04 Å². The summed E-state index contributed by atoms with van der Waals surface area (Å²) in [6.45, 7) is 7.00. The van der Waals surface area contributed by atoms with Crippen LogP contribution in [-0.2, 0) is 5.41 Å². The molecular formula is C34H60N2. The van der Waals surface area contributed by atoms with Gasteiger partial charge in [-0.2, -0.15) is 0 Å². The van der Waals surface area contributed by atoms with Crippen molar-refractivity contribution in [1.29, 1.82) is 0 Å². The normalized spacial score (nSPS) is 18.2. The molecule has 0 fully saturated rings. The van der Waals surface area contributed by atoms with Gasteiger partial charge in [0.15, 0.2) is 0 Å². The van der Waals surface area contributed by atoms with E-state index in [-0.39, 0.29) is 5.41 Å². The van der Waals surface area contributed by atoms with E-state index < -0.39 is 0 Å². The highest BCUT2D eigenvalue weighted by Gasteiger charge is 2.34. The van der Waals surface area contributed by atoms with Gasteiger partial charge >= 0.3 is 0 Å². The first kappa shape index (κ1) is 30.9. The third-order valence-electron chi connectivity index (χ3n) is 8.44. The summed E-state index contributed by atoms with van der Waals surface area (Å²) in [5.41, 5.74) is 0.0887. The zero-order valence-electron chi connectivity index (χ0n) is 24.5. The lowest BCUT2D eigenvalue weighted by molar-refractivity contribution is 0.380. The maximum Gasteiger partial charge on any atom is 0.119 e. The van der Waals surface area contributed by atoms with E-state index in [9.17, 15) is 0 Å². The Morgan fingerprint density at radius 3 is 1.78 bits per heavy atom. The molecule has 0 aliphatic heterocycles. The van der Waals surface area contributed by atoms with Gasteiger partial charge in [-0.15, -0.1) is 0 Å². The van der Waals surface area contributed by atoms with Crippen LogP contribution in [0.4, 0.5) is 0 Å². The lowest BCUT2D eigenvalue weighted by atomic mass is 9.76. The minimum absolute atomic E-state index is 0.0887. The number of nitrogens with zero attached hydrogens (tertiary/aromatic N) is 2. The highest BCUT2D eigenvalue weighted by Crippen LogP contribution is 2.38. The van der Waals surface area contributed by atoms with E-state index in [1.165, 1.54) is 141 Å². The van der Waals surface area contributed by atoms with Crippen LogP contribution in [-0.4, -0.2) is 9.55 Å². The molecule has 1 aromatic heterocycles. The molecule has 0 radical (unpaired) electrons. The fourth-order valence-electron chi connectivity index (χ4n) is 6.00. The van der Waals surface area contributed by atoms with Crippen molar-refractivity contribution >= 4 is 0 Å². The van der Waals surface area contributed by atoms with Crippen LogP contribution < -0.4 is 0 Å². The van der Waals surface area contributed by atoms with Crippen LogP contribution in [0.1, 0.15) is 174 Å². The summed E-state index contributed by atoms with van der Waals surface area (Å²) in [6.07, 6.45) is 43.8. The Balaban J connectivity index is 1.70. The fourth-order valence-corrected chi connectivity index (χ4v) is 6.00. The molecule has 0 aromatic carbocycles. The minimum Gasteiger partial charge on any atom is -0.331 e. The van der Waals surface area contributed by atoms with Gasteiger partial charge in [-0.25, -0.2) is 4.98 Å². The van der Waals surface area contributed by atoms with E-state index in [4.69, 9.17) is 4.98 Å². The maximum absolute atomic E-state index is 4.96. The van der Waals surface area contributed by atoms with E-state index in [0.717, 1.165) is 6.42 Å². The number of hydrogen-bond donors (Lipinski definition) is 0. The predicted molar refractivity (Wildman–Crippen MR) is 160 cm³/mol. The second-order valence-electron chi connectivity index (χ2n) is 11.7. The van der Waals surface area contributed by atoms with E-state index in [2.05, 4.69) is 55.8 Å². The summed E-state index contributed by atoms with van der Waals surface area (Å²) >= 11 is 0. The van der Waals surface area contributed by atoms with Crippen LogP contribution in [0, 0.1) is 0 Å². The molecule has 1 heterocycles. The zero-order chi connectivity index (χ0) is 25.7. The average Bonchev–Trinajstić information content (AvgIpc) is 3.40. The lowest BCUT2D eigenvalue weighted by Gasteiger charge is -2.33. The van der Waals surface area contributed by atoms with Gasteiger partial charge in [0, 0.05) is 18.4 Å². The molecule has 2 atom stereocenters. The molecule has 2 heteroatoms. The second-order valence-corrected chi connectivity index (χ2v) is 11.7. The third-order valence-corrected chi connectivity index (χ3v) is 8.44. The maximum atomic E-state index is 4.96. The van der Waals surface area contributed by atoms with Crippen molar-refractivity contribution < 1.29 is 0 Å². The van der Waals surface area contributed by atoms with Gasteiger partial charge in [-0.3, -0.25) is 0 Å². The number of hydrogen-bond acceptors (Lipinski definition) is 1. The molecule has 0 bridgehead atoms. The van der Waals surface area contributed by atoms with Gasteiger partial charge in [0.1, 0.15) is 5.82 Å². The van der Waals surface area contributed by atoms with E-state index >= 15 is 0 Å². The van der Waals surface area contributed by atoms with Crippen molar-refractivity contribution in [2.24, 2.45) is 0 Å². The highest BCUT2D eigenvalue weighted by molar-refractivity contribution is 5.29. The highest BCUT2D eigenvalue weighted by atomic mass is 15.1. The van der Waals surface area contributed by atoms with Crippen molar-refractivity contribution in [1.82, 2.24) is 9.55 Å². The molecule has 0 saturated carbocycles. The van der Waals surface area contributed by atoms with Gasteiger partial charge in [-0.05, 0) is 26.2 Å². The molecule has 0 N–H and O–H groups in total. The summed E-state index contributed by atoms with van der Waals surface area (Å²) < 4.78 is 2.51. The van der Waals surface area contributed by atoms with Crippen LogP contribution in [0.15, 0.2) is 36.7 Å². The number of aromatic nitrogens is 2. The van der Waals surface area contributed by atoms with Crippen molar-refractivity contribution in [3.63, 3.8) is 0 Å². The molecule has 0 spiro atoms. The Bertz CT molecular complexity index is 700. The van der Waals surface area contributed by atoms with E-state index in [1.54, 1.807) is 0 Å². The smallest absolute Gasteiger partial charge is 0.119 e. The molecule has 1 aromatic rings. The number of allylic oxidation sites excluding steroid dienone is 4. The van der Waals surface area contributed by atoms with Gasteiger partial charge < -0.3 is 4.57 Å².